The van der Waals surface area contributed by atoms with Crippen LogP contribution in [0.25, 0.3) is 5.69 Å². The van der Waals surface area contributed by atoms with Gasteiger partial charge in [-0.2, -0.15) is 5.10 Å². The summed E-state index contributed by atoms with van der Waals surface area (Å²) in [6.07, 6.45) is 1.75. The Morgan fingerprint density at radius 1 is 1.10 bits per heavy atom. The number of para-hydroxylation sites is 2. The first-order valence-electron chi connectivity index (χ1n) is 10.2. The predicted octanol–water partition coefficient (Wildman–Crippen LogP) is 4.99. The highest BCUT2D eigenvalue weighted by atomic mass is 16.5. The number of nitrogens with one attached hydrogen (secondary N) is 1. The van der Waals surface area contributed by atoms with Crippen molar-refractivity contribution in [3.63, 3.8) is 0 Å². The molecule has 0 aliphatic carbocycles. The van der Waals surface area contributed by atoms with Gasteiger partial charge >= 0.3 is 0 Å². The van der Waals surface area contributed by atoms with Crippen molar-refractivity contribution in [2.24, 2.45) is 0 Å². The van der Waals surface area contributed by atoms with Gasteiger partial charge in [-0.1, -0.05) is 43.3 Å². The molecular weight excluding hydrogens is 362 g/mol. The molecule has 0 bridgehead atoms. The lowest BCUT2D eigenvalue weighted by atomic mass is 10.1. The van der Waals surface area contributed by atoms with Crippen molar-refractivity contribution in [2.75, 3.05) is 0 Å². The molecule has 1 aromatic heterocycles. The van der Waals surface area contributed by atoms with E-state index in [-0.39, 0.29) is 11.9 Å². The fourth-order valence-corrected chi connectivity index (χ4v) is 3.27. The van der Waals surface area contributed by atoms with Crippen molar-refractivity contribution in [1.29, 1.82) is 0 Å². The molecule has 152 valence electrons. The SMILES string of the molecule is CCc1nn(-c2ccccc2)c(Oc2ccccc2C)c1CCC(=O)NC(C)C. The minimum absolute atomic E-state index is 0.0383. The topological polar surface area (TPSA) is 56.2 Å². The van der Waals surface area contributed by atoms with E-state index in [1.54, 1.807) is 0 Å². The molecule has 1 amide bonds. The Bertz CT molecular complexity index is 962. The Hall–Kier alpha value is -3.08. The standard InChI is InChI=1S/C24H29N3O2/c1-5-21-20(15-16-23(28)25-17(2)3)24(29-22-14-10-9-11-18(22)4)27(26-21)19-12-7-6-8-13-19/h6-14,17H,5,15-16H2,1-4H3,(H,25,28). The van der Waals surface area contributed by atoms with Gasteiger partial charge in [-0.15, -0.1) is 0 Å². The number of rotatable bonds is 8. The van der Waals surface area contributed by atoms with Gasteiger partial charge in [-0.3, -0.25) is 4.79 Å². The quantitative estimate of drug-likeness (QED) is 0.588. The third-order valence-electron chi connectivity index (χ3n) is 4.71. The van der Waals surface area contributed by atoms with Crippen molar-refractivity contribution < 1.29 is 9.53 Å². The second-order valence-corrected chi connectivity index (χ2v) is 7.42. The Morgan fingerprint density at radius 2 is 1.79 bits per heavy atom. The molecule has 0 saturated heterocycles. The molecule has 3 rings (SSSR count). The van der Waals surface area contributed by atoms with Gasteiger partial charge in [-0.25, -0.2) is 4.68 Å². The van der Waals surface area contributed by atoms with Gasteiger partial charge in [0.1, 0.15) is 5.75 Å². The Labute approximate surface area is 172 Å². The van der Waals surface area contributed by atoms with E-state index in [9.17, 15) is 4.79 Å². The Kier molecular flexibility index (Phi) is 6.70. The predicted molar refractivity (Wildman–Crippen MR) is 116 cm³/mol. The number of aromatic nitrogens is 2. The van der Waals surface area contributed by atoms with Crippen LogP contribution < -0.4 is 10.1 Å². The van der Waals surface area contributed by atoms with Gasteiger partial charge in [0.25, 0.3) is 0 Å². The van der Waals surface area contributed by atoms with Crippen LogP contribution >= 0.6 is 0 Å². The lowest BCUT2D eigenvalue weighted by Crippen LogP contribution is -2.30. The highest BCUT2D eigenvalue weighted by Gasteiger charge is 2.21. The molecule has 3 aromatic rings. The number of carbonyl (C=O) groups excluding carboxylic acids is 1. The van der Waals surface area contributed by atoms with Crippen LogP contribution in [0.5, 0.6) is 11.6 Å². The van der Waals surface area contributed by atoms with E-state index in [2.05, 4.69) is 12.2 Å². The highest BCUT2D eigenvalue weighted by Crippen LogP contribution is 2.33. The summed E-state index contributed by atoms with van der Waals surface area (Å²) in [6, 6.07) is 18.0. The van der Waals surface area contributed by atoms with Crippen LogP contribution in [-0.2, 0) is 17.6 Å². The molecule has 0 aliphatic heterocycles. The second-order valence-electron chi connectivity index (χ2n) is 7.42. The van der Waals surface area contributed by atoms with E-state index in [1.165, 1.54) is 0 Å². The van der Waals surface area contributed by atoms with Crippen molar-refractivity contribution in [3.05, 3.63) is 71.4 Å². The zero-order chi connectivity index (χ0) is 20.8. The van der Waals surface area contributed by atoms with Gasteiger partial charge in [0, 0.05) is 18.0 Å². The number of hydrogen-bond donors (Lipinski definition) is 1. The van der Waals surface area contributed by atoms with E-state index in [0.717, 1.165) is 34.7 Å². The summed E-state index contributed by atoms with van der Waals surface area (Å²) in [5.41, 5.74) is 3.92. The van der Waals surface area contributed by atoms with Crippen molar-refractivity contribution in [1.82, 2.24) is 15.1 Å². The molecule has 0 radical (unpaired) electrons. The molecule has 0 spiro atoms. The van der Waals surface area contributed by atoms with Crippen LogP contribution in [-0.4, -0.2) is 21.7 Å². The maximum absolute atomic E-state index is 12.2. The molecular formula is C24H29N3O2. The summed E-state index contributed by atoms with van der Waals surface area (Å²) in [6.45, 7) is 8.03. The summed E-state index contributed by atoms with van der Waals surface area (Å²) < 4.78 is 8.24. The van der Waals surface area contributed by atoms with Crippen LogP contribution in [0.4, 0.5) is 0 Å². The fraction of sp³-hybridized carbons (Fsp3) is 0.333. The molecule has 0 unspecified atom stereocenters. The smallest absolute Gasteiger partial charge is 0.226 e. The van der Waals surface area contributed by atoms with Crippen molar-refractivity contribution >= 4 is 5.91 Å². The van der Waals surface area contributed by atoms with Gasteiger partial charge in [0.15, 0.2) is 0 Å². The zero-order valence-electron chi connectivity index (χ0n) is 17.6. The molecule has 0 saturated carbocycles. The van der Waals surface area contributed by atoms with E-state index >= 15 is 0 Å². The molecule has 0 fully saturated rings. The van der Waals surface area contributed by atoms with Gasteiger partial charge < -0.3 is 10.1 Å². The summed E-state index contributed by atoms with van der Waals surface area (Å²) in [5.74, 6) is 1.51. The molecule has 2 aromatic carbocycles. The van der Waals surface area contributed by atoms with E-state index in [1.807, 2.05) is 80.1 Å². The summed E-state index contributed by atoms with van der Waals surface area (Å²) in [4.78, 5) is 12.2. The Balaban J connectivity index is 2.02. The molecule has 5 nitrogen and oxygen atoms in total. The fourth-order valence-electron chi connectivity index (χ4n) is 3.27. The van der Waals surface area contributed by atoms with Crippen LogP contribution in [0, 0.1) is 6.92 Å². The van der Waals surface area contributed by atoms with E-state index < -0.39 is 0 Å². The maximum atomic E-state index is 12.2. The minimum atomic E-state index is 0.0383. The number of aryl methyl sites for hydroxylation is 2. The molecule has 0 atom stereocenters. The average Bonchev–Trinajstić information content (AvgIpc) is 3.05. The van der Waals surface area contributed by atoms with Crippen LogP contribution in [0.3, 0.4) is 0 Å². The minimum Gasteiger partial charge on any atom is -0.438 e. The van der Waals surface area contributed by atoms with E-state index in [0.29, 0.717) is 18.7 Å². The number of ether oxygens (including phenoxy) is 1. The van der Waals surface area contributed by atoms with Gasteiger partial charge in [0.2, 0.25) is 11.8 Å². The maximum Gasteiger partial charge on any atom is 0.226 e. The Morgan fingerprint density at radius 3 is 2.45 bits per heavy atom. The molecule has 5 heteroatoms. The van der Waals surface area contributed by atoms with Crippen molar-refractivity contribution in [3.8, 4) is 17.3 Å². The van der Waals surface area contributed by atoms with Crippen LogP contribution in [0.15, 0.2) is 54.6 Å². The monoisotopic (exact) mass is 391 g/mol. The zero-order valence-corrected chi connectivity index (χ0v) is 17.6. The number of amides is 1. The molecule has 1 heterocycles. The summed E-state index contributed by atoms with van der Waals surface area (Å²) in [5, 5.41) is 7.78. The second kappa shape index (κ2) is 9.41. The number of nitrogens with zero attached hydrogens (tertiary/aromatic N) is 2. The highest BCUT2D eigenvalue weighted by molar-refractivity contribution is 5.76. The number of carbonyl (C=O) groups is 1. The van der Waals surface area contributed by atoms with Gasteiger partial charge in [-0.05, 0) is 57.4 Å². The first-order chi connectivity index (χ1) is 14.0. The molecule has 29 heavy (non-hydrogen) atoms. The first kappa shape index (κ1) is 20.6. The lowest BCUT2D eigenvalue weighted by Gasteiger charge is -2.13. The summed E-state index contributed by atoms with van der Waals surface area (Å²) in [7, 11) is 0. The third-order valence-corrected chi connectivity index (χ3v) is 4.71. The largest absolute Gasteiger partial charge is 0.438 e. The number of benzene rings is 2. The third kappa shape index (κ3) is 5.05. The lowest BCUT2D eigenvalue weighted by molar-refractivity contribution is -0.121. The van der Waals surface area contributed by atoms with E-state index in [4.69, 9.17) is 9.84 Å². The summed E-state index contributed by atoms with van der Waals surface area (Å²) >= 11 is 0. The van der Waals surface area contributed by atoms with Crippen molar-refractivity contribution in [2.45, 2.75) is 53.0 Å². The normalized spacial score (nSPS) is 10.9. The van der Waals surface area contributed by atoms with Crippen LogP contribution in [0.2, 0.25) is 0 Å². The van der Waals surface area contributed by atoms with Gasteiger partial charge in [0.05, 0.1) is 11.4 Å². The molecule has 0 aliphatic rings. The molecule has 1 N–H and O–H groups in total. The average molecular weight is 392 g/mol. The number of hydrogen-bond acceptors (Lipinski definition) is 3. The first-order valence-corrected chi connectivity index (χ1v) is 10.2. The van der Waals surface area contributed by atoms with Crippen LogP contribution in [0.1, 0.15) is 44.0 Å².